The summed E-state index contributed by atoms with van der Waals surface area (Å²) in [6.07, 6.45) is 3.32. The van der Waals surface area contributed by atoms with Gasteiger partial charge in [-0.3, -0.25) is 9.78 Å². The number of aromatic nitrogens is 1. The summed E-state index contributed by atoms with van der Waals surface area (Å²) in [5.41, 5.74) is 8.31. The highest BCUT2D eigenvalue weighted by Gasteiger charge is 2.09. The molecule has 1 aromatic heterocycles. The number of amides is 1. The summed E-state index contributed by atoms with van der Waals surface area (Å²) in [6, 6.07) is 6.74. The fourth-order valence-corrected chi connectivity index (χ4v) is 1.68. The number of methoxy groups -OCH3 is 1. The molecular weight excluding hydrogens is 242 g/mol. The molecule has 19 heavy (non-hydrogen) atoms. The second kappa shape index (κ2) is 5.39. The molecule has 0 aliphatic heterocycles. The standard InChI is InChI=1S/C14H15N3O2/c1-9-5-11(8-16-7-9)17-14(18)10-3-4-12(15)13(6-10)19-2/h3-8H,15H2,1-2H3,(H,17,18). The lowest BCUT2D eigenvalue weighted by Gasteiger charge is -2.08. The molecule has 0 aliphatic rings. The van der Waals surface area contributed by atoms with Crippen molar-refractivity contribution >= 4 is 17.3 Å². The van der Waals surface area contributed by atoms with Crippen molar-refractivity contribution in [1.29, 1.82) is 0 Å². The van der Waals surface area contributed by atoms with Gasteiger partial charge in [0, 0.05) is 11.8 Å². The van der Waals surface area contributed by atoms with Gasteiger partial charge in [-0.15, -0.1) is 0 Å². The summed E-state index contributed by atoms with van der Waals surface area (Å²) in [7, 11) is 1.51. The number of carbonyl (C=O) groups is 1. The molecule has 3 N–H and O–H groups in total. The fourth-order valence-electron chi connectivity index (χ4n) is 1.68. The Morgan fingerprint density at radius 1 is 1.32 bits per heavy atom. The van der Waals surface area contributed by atoms with E-state index in [0.29, 0.717) is 22.7 Å². The molecule has 1 heterocycles. The maximum Gasteiger partial charge on any atom is 0.255 e. The Hall–Kier alpha value is -2.56. The van der Waals surface area contributed by atoms with Crippen LogP contribution in [0.2, 0.25) is 0 Å². The Morgan fingerprint density at radius 3 is 2.79 bits per heavy atom. The summed E-state index contributed by atoms with van der Waals surface area (Å²) < 4.78 is 5.09. The first-order chi connectivity index (χ1) is 9.10. The van der Waals surface area contributed by atoms with Crippen LogP contribution in [0.1, 0.15) is 15.9 Å². The van der Waals surface area contributed by atoms with E-state index in [0.717, 1.165) is 5.56 Å². The number of hydrogen-bond acceptors (Lipinski definition) is 4. The predicted octanol–water partition coefficient (Wildman–Crippen LogP) is 2.23. The molecule has 0 saturated carbocycles. The highest BCUT2D eigenvalue weighted by Crippen LogP contribution is 2.22. The number of anilines is 2. The number of pyridine rings is 1. The van der Waals surface area contributed by atoms with E-state index < -0.39 is 0 Å². The number of hydrogen-bond donors (Lipinski definition) is 2. The Bertz CT molecular complexity index is 611. The highest BCUT2D eigenvalue weighted by atomic mass is 16.5. The lowest BCUT2D eigenvalue weighted by Crippen LogP contribution is -2.12. The lowest BCUT2D eigenvalue weighted by molar-refractivity contribution is 0.102. The van der Waals surface area contributed by atoms with E-state index in [1.807, 2.05) is 13.0 Å². The predicted molar refractivity (Wildman–Crippen MR) is 74.3 cm³/mol. The molecule has 2 rings (SSSR count). The third-order valence-corrected chi connectivity index (χ3v) is 2.63. The molecule has 0 radical (unpaired) electrons. The molecule has 1 aromatic carbocycles. The monoisotopic (exact) mass is 257 g/mol. The summed E-state index contributed by atoms with van der Waals surface area (Å²) in [4.78, 5) is 16.1. The maximum atomic E-state index is 12.1. The third kappa shape index (κ3) is 3.01. The molecule has 2 aromatic rings. The van der Waals surface area contributed by atoms with E-state index in [4.69, 9.17) is 10.5 Å². The van der Waals surface area contributed by atoms with E-state index in [9.17, 15) is 4.79 Å². The number of nitrogen functional groups attached to an aromatic ring is 1. The van der Waals surface area contributed by atoms with Crippen LogP contribution in [0.15, 0.2) is 36.7 Å². The van der Waals surface area contributed by atoms with Crippen molar-refractivity contribution < 1.29 is 9.53 Å². The van der Waals surface area contributed by atoms with Gasteiger partial charge in [0.05, 0.1) is 24.7 Å². The molecule has 0 aliphatic carbocycles. The zero-order chi connectivity index (χ0) is 13.8. The average Bonchev–Trinajstić information content (AvgIpc) is 2.39. The van der Waals surface area contributed by atoms with Crippen molar-refractivity contribution in [1.82, 2.24) is 4.98 Å². The first-order valence-corrected chi connectivity index (χ1v) is 5.76. The van der Waals surface area contributed by atoms with Gasteiger partial charge < -0.3 is 15.8 Å². The van der Waals surface area contributed by atoms with Gasteiger partial charge in [-0.25, -0.2) is 0 Å². The minimum absolute atomic E-state index is 0.231. The molecule has 0 spiro atoms. The van der Waals surface area contributed by atoms with Crippen molar-refractivity contribution in [3.63, 3.8) is 0 Å². The Kier molecular flexibility index (Phi) is 3.66. The summed E-state index contributed by atoms with van der Waals surface area (Å²) in [5.74, 6) is 0.251. The van der Waals surface area contributed by atoms with Crippen molar-refractivity contribution in [2.24, 2.45) is 0 Å². The summed E-state index contributed by atoms with van der Waals surface area (Å²) in [5, 5.41) is 2.77. The van der Waals surface area contributed by atoms with E-state index in [1.54, 1.807) is 30.6 Å². The van der Waals surface area contributed by atoms with Crippen LogP contribution in [-0.4, -0.2) is 18.0 Å². The smallest absolute Gasteiger partial charge is 0.255 e. The molecule has 0 bridgehead atoms. The van der Waals surface area contributed by atoms with Gasteiger partial charge in [-0.05, 0) is 36.8 Å². The summed E-state index contributed by atoms with van der Waals surface area (Å²) in [6.45, 7) is 1.91. The number of ether oxygens (including phenoxy) is 1. The van der Waals surface area contributed by atoms with E-state index in [1.165, 1.54) is 7.11 Å². The molecule has 5 nitrogen and oxygen atoms in total. The average molecular weight is 257 g/mol. The highest BCUT2D eigenvalue weighted by molar-refractivity contribution is 6.04. The number of nitrogens with zero attached hydrogens (tertiary/aromatic N) is 1. The Morgan fingerprint density at radius 2 is 2.11 bits per heavy atom. The third-order valence-electron chi connectivity index (χ3n) is 2.63. The van der Waals surface area contributed by atoms with Gasteiger partial charge in [-0.1, -0.05) is 0 Å². The minimum atomic E-state index is -0.231. The maximum absolute atomic E-state index is 12.1. The number of aryl methyl sites for hydroxylation is 1. The van der Waals surface area contributed by atoms with Gasteiger partial charge in [0.1, 0.15) is 5.75 Å². The van der Waals surface area contributed by atoms with Crippen molar-refractivity contribution in [3.05, 3.63) is 47.8 Å². The molecule has 5 heteroatoms. The zero-order valence-electron chi connectivity index (χ0n) is 10.8. The Balaban J connectivity index is 2.20. The van der Waals surface area contributed by atoms with Gasteiger partial charge in [-0.2, -0.15) is 0 Å². The van der Waals surface area contributed by atoms with Crippen molar-refractivity contribution in [2.75, 3.05) is 18.2 Å². The minimum Gasteiger partial charge on any atom is -0.495 e. The molecule has 0 saturated heterocycles. The SMILES string of the molecule is COc1cc(C(=O)Nc2cncc(C)c2)ccc1N. The normalized spacial score (nSPS) is 10.0. The van der Waals surface area contributed by atoms with Gasteiger partial charge in [0.2, 0.25) is 0 Å². The largest absolute Gasteiger partial charge is 0.495 e. The second-order valence-corrected chi connectivity index (χ2v) is 4.16. The molecule has 0 atom stereocenters. The van der Waals surface area contributed by atoms with Gasteiger partial charge >= 0.3 is 0 Å². The van der Waals surface area contributed by atoms with Crippen LogP contribution in [-0.2, 0) is 0 Å². The van der Waals surface area contributed by atoms with Crippen molar-refractivity contribution in [3.8, 4) is 5.75 Å². The van der Waals surface area contributed by atoms with Crippen LogP contribution in [0.3, 0.4) is 0 Å². The molecule has 0 unspecified atom stereocenters. The van der Waals surface area contributed by atoms with Crippen molar-refractivity contribution in [2.45, 2.75) is 6.92 Å². The first-order valence-electron chi connectivity index (χ1n) is 5.76. The molecule has 1 amide bonds. The lowest BCUT2D eigenvalue weighted by atomic mass is 10.1. The number of carbonyl (C=O) groups excluding carboxylic acids is 1. The van der Waals surface area contributed by atoms with Gasteiger partial charge in [0.25, 0.3) is 5.91 Å². The van der Waals surface area contributed by atoms with Crippen LogP contribution < -0.4 is 15.8 Å². The topological polar surface area (TPSA) is 77.2 Å². The fraction of sp³-hybridized carbons (Fsp3) is 0.143. The first kappa shape index (κ1) is 12.9. The van der Waals surface area contributed by atoms with Gasteiger partial charge in [0.15, 0.2) is 0 Å². The van der Waals surface area contributed by atoms with Crippen LogP contribution >= 0.6 is 0 Å². The number of nitrogens with one attached hydrogen (secondary N) is 1. The molecule has 98 valence electrons. The quantitative estimate of drug-likeness (QED) is 0.827. The zero-order valence-corrected chi connectivity index (χ0v) is 10.8. The van der Waals surface area contributed by atoms with E-state index >= 15 is 0 Å². The summed E-state index contributed by atoms with van der Waals surface area (Å²) >= 11 is 0. The Labute approximate surface area is 111 Å². The number of nitrogens with two attached hydrogens (primary N) is 1. The van der Waals surface area contributed by atoms with Crippen LogP contribution in [0.25, 0.3) is 0 Å². The van der Waals surface area contributed by atoms with Crippen LogP contribution in [0, 0.1) is 6.92 Å². The number of benzene rings is 1. The second-order valence-electron chi connectivity index (χ2n) is 4.16. The van der Waals surface area contributed by atoms with Crippen LogP contribution in [0.4, 0.5) is 11.4 Å². The number of rotatable bonds is 3. The molecular formula is C14H15N3O2. The van der Waals surface area contributed by atoms with Crippen LogP contribution in [0.5, 0.6) is 5.75 Å². The van der Waals surface area contributed by atoms with E-state index in [2.05, 4.69) is 10.3 Å². The molecule has 0 fully saturated rings. The van der Waals surface area contributed by atoms with E-state index in [-0.39, 0.29) is 5.91 Å².